The standard InChI is InChI=1S/C23H28O10/c1-11-8-12(3-6-14-18(26)22(30)20(28)16(9-24)32-14)2-4-13(11)5-7-15-19(27)23(31)21(29)17(10-25)33-15/h2,4,8,14-31H,9-10H2,1H3/t14-,15-,16-,17-,18-,19-,20-,21-,22-,23-/m1/s1. The van der Waals surface area contributed by atoms with Gasteiger partial charge in [0.05, 0.1) is 13.2 Å². The molecule has 0 amide bonds. The van der Waals surface area contributed by atoms with Crippen molar-refractivity contribution in [2.45, 2.75) is 68.0 Å². The predicted octanol–water partition coefficient (Wildman–Crippen LogP) is -3.62. The van der Waals surface area contributed by atoms with Crippen molar-refractivity contribution in [2.75, 3.05) is 13.2 Å². The Hall–Kier alpha value is -2.06. The number of aryl methyl sites for hydroxylation is 1. The van der Waals surface area contributed by atoms with Gasteiger partial charge in [-0.3, -0.25) is 0 Å². The highest BCUT2D eigenvalue weighted by molar-refractivity contribution is 5.48. The van der Waals surface area contributed by atoms with Crippen LogP contribution in [-0.4, -0.2) is 115 Å². The summed E-state index contributed by atoms with van der Waals surface area (Å²) in [6.45, 7) is 0.699. The second kappa shape index (κ2) is 10.9. The molecule has 0 aliphatic carbocycles. The lowest BCUT2D eigenvalue weighted by atomic mass is 9.95. The topological polar surface area (TPSA) is 180 Å². The van der Waals surface area contributed by atoms with E-state index < -0.39 is 74.3 Å². The summed E-state index contributed by atoms with van der Waals surface area (Å²) in [5.74, 6) is 11.1. The first-order valence-corrected chi connectivity index (χ1v) is 10.4. The van der Waals surface area contributed by atoms with Crippen molar-refractivity contribution in [1.82, 2.24) is 0 Å². The van der Waals surface area contributed by atoms with E-state index in [1.165, 1.54) is 0 Å². The van der Waals surface area contributed by atoms with E-state index in [-0.39, 0.29) is 0 Å². The van der Waals surface area contributed by atoms with Gasteiger partial charge in [-0.2, -0.15) is 0 Å². The van der Waals surface area contributed by atoms with Crippen LogP contribution in [-0.2, 0) is 9.47 Å². The largest absolute Gasteiger partial charge is 0.394 e. The van der Waals surface area contributed by atoms with Crippen molar-refractivity contribution in [3.8, 4) is 23.7 Å². The van der Waals surface area contributed by atoms with E-state index in [1.54, 1.807) is 25.1 Å². The van der Waals surface area contributed by atoms with Crippen LogP contribution < -0.4 is 0 Å². The molecule has 2 saturated heterocycles. The average Bonchev–Trinajstić information content (AvgIpc) is 2.81. The highest BCUT2D eigenvalue weighted by atomic mass is 16.5. The fourth-order valence-electron chi connectivity index (χ4n) is 3.63. The lowest BCUT2D eigenvalue weighted by Crippen LogP contribution is -2.58. The molecule has 0 spiro atoms. The maximum atomic E-state index is 10.1. The molecule has 180 valence electrons. The number of ether oxygens (including phenoxy) is 2. The highest BCUT2D eigenvalue weighted by Gasteiger charge is 2.43. The van der Waals surface area contributed by atoms with E-state index in [2.05, 4.69) is 23.7 Å². The molecule has 2 aliphatic heterocycles. The van der Waals surface area contributed by atoms with Gasteiger partial charge in [-0.15, -0.1) is 0 Å². The molecular weight excluding hydrogens is 436 g/mol. The van der Waals surface area contributed by atoms with Crippen LogP contribution in [0.1, 0.15) is 16.7 Å². The Bertz CT molecular complexity index is 940. The Labute approximate surface area is 190 Å². The van der Waals surface area contributed by atoms with Gasteiger partial charge in [-0.05, 0) is 30.7 Å². The molecule has 0 unspecified atom stereocenters. The van der Waals surface area contributed by atoms with Crippen LogP contribution in [0.5, 0.6) is 0 Å². The van der Waals surface area contributed by atoms with Crippen molar-refractivity contribution < 1.29 is 50.3 Å². The molecule has 0 bridgehead atoms. The summed E-state index contributed by atoms with van der Waals surface area (Å²) in [5, 5.41) is 78.0. The Morgan fingerprint density at radius 2 is 1.18 bits per heavy atom. The summed E-state index contributed by atoms with van der Waals surface area (Å²) in [6, 6.07) is 5.04. The molecule has 10 nitrogen and oxygen atoms in total. The second-order valence-electron chi connectivity index (χ2n) is 8.07. The Morgan fingerprint density at radius 3 is 1.64 bits per heavy atom. The van der Waals surface area contributed by atoms with Gasteiger partial charge in [0, 0.05) is 11.1 Å². The van der Waals surface area contributed by atoms with E-state index >= 15 is 0 Å². The molecule has 10 atom stereocenters. The molecule has 1 aromatic rings. The molecule has 3 rings (SSSR count). The maximum absolute atomic E-state index is 10.1. The quantitative estimate of drug-likeness (QED) is 0.204. The minimum absolute atomic E-state index is 0.538. The summed E-state index contributed by atoms with van der Waals surface area (Å²) in [7, 11) is 0. The summed E-state index contributed by atoms with van der Waals surface area (Å²) in [5.41, 5.74) is 1.88. The molecule has 2 aliphatic rings. The molecule has 0 radical (unpaired) electrons. The summed E-state index contributed by atoms with van der Waals surface area (Å²) in [4.78, 5) is 0. The highest BCUT2D eigenvalue weighted by Crippen LogP contribution is 2.22. The normalized spacial score (nSPS) is 38.6. The zero-order valence-electron chi connectivity index (χ0n) is 17.8. The average molecular weight is 464 g/mol. The Kier molecular flexibility index (Phi) is 8.45. The summed E-state index contributed by atoms with van der Waals surface area (Å²) >= 11 is 0. The Morgan fingerprint density at radius 1 is 0.697 bits per heavy atom. The van der Waals surface area contributed by atoms with Crippen molar-refractivity contribution in [3.05, 3.63) is 34.9 Å². The van der Waals surface area contributed by atoms with Crippen LogP contribution in [0.2, 0.25) is 0 Å². The van der Waals surface area contributed by atoms with Gasteiger partial charge in [0.15, 0.2) is 0 Å². The maximum Gasteiger partial charge on any atom is 0.147 e. The lowest BCUT2D eigenvalue weighted by molar-refractivity contribution is -0.214. The van der Waals surface area contributed by atoms with E-state index in [4.69, 9.17) is 9.47 Å². The first-order chi connectivity index (χ1) is 15.7. The number of benzene rings is 1. The van der Waals surface area contributed by atoms with Crippen LogP contribution in [0.25, 0.3) is 0 Å². The van der Waals surface area contributed by atoms with E-state index in [0.717, 1.165) is 5.56 Å². The zero-order valence-corrected chi connectivity index (χ0v) is 17.8. The monoisotopic (exact) mass is 464 g/mol. The third kappa shape index (κ3) is 5.54. The molecule has 10 heteroatoms. The minimum Gasteiger partial charge on any atom is -0.394 e. The zero-order chi connectivity index (χ0) is 24.3. The number of hydrogen-bond donors (Lipinski definition) is 8. The number of hydrogen-bond acceptors (Lipinski definition) is 10. The van der Waals surface area contributed by atoms with Gasteiger partial charge in [0.25, 0.3) is 0 Å². The molecule has 1 aromatic carbocycles. The van der Waals surface area contributed by atoms with E-state index in [9.17, 15) is 40.9 Å². The van der Waals surface area contributed by atoms with E-state index in [0.29, 0.717) is 11.1 Å². The minimum atomic E-state index is -1.50. The van der Waals surface area contributed by atoms with Crippen molar-refractivity contribution in [1.29, 1.82) is 0 Å². The third-order valence-electron chi connectivity index (χ3n) is 5.72. The van der Waals surface area contributed by atoms with Crippen LogP contribution in [0.4, 0.5) is 0 Å². The molecule has 0 aromatic heterocycles. The Balaban J connectivity index is 1.73. The van der Waals surface area contributed by atoms with Gasteiger partial charge >= 0.3 is 0 Å². The van der Waals surface area contributed by atoms with Crippen LogP contribution >= 0.6 is 0 Å². The van der Waals surface area contributed by atoms with Crippen molar-refractivity contribution in [3.63, 3.8) is 0 Å². The number of aliphatic hydroxyl groups excluding tert-OH is 8. The molecule has 2 fully saturated rings. The molecular formula is C23H28O10. The first-order valence-electron chi connectivity index (χ1n) is 10.4. The fraction of sp³-hybridized carbons (Fsp3) is 0.565. The van der Waals surface area contributed by atoms with Gasteiger partial charge in [0.1, 0.15) is 61.0 Å². The van der Waals surface area contributed by atoms with Crippen LogP contribution in [0.15, 0.2) is 18.2 Å². The smallest absolute Gasteiger partial charge is 0.147 e. The second-order valence-corrected chi connectivity index (χ2v) is 8.07. The summed E-state index contributed by atoms with van der Waals surface area (Å²) < 4.78 is 10.7. The number of rotatable bonds is 2. The van der Waals surface area contributed by atoms with Crippen molar-refractivity contribution in [2.24, 2.45) is 0 Å². The number of aliphatic hydroxyl groups is 8. The SMILES string of the molecule is Cc1cc(C#C[C@H]2O[C@H](CO)[C@@H](O)[C@H](O)[C@@H]2O)ccc1C#C[C@H]1O[C@H](CO)[C@@H](O)[C@H](O)[C@@H]1O. The van der Waals surface area contributed by atoms with Crippen LogP contribution in [0, 0.1) is 30.6 Å². The van der Waals surface area contributed by atoms with Gasteiger partial charge in [-0.1, -0.05) is 23.7 Å². The third-order valence-corrected chi connectivity index (χ3v) is 5.72. The predicted molar refractivity (Wildman–Crippen MR) is 112 cm³/mol. The molecule has 2 heterocycles. The summed E-state index contributed by atoms with van der Waals surface area (Å²) in [6.07, 6.45) is -13.1. The molecule has 0 saturated carbocycles. The van der Waals surface area contributed by atoms with Gasteiger partial charge in [0.2, 0.25) is 0 Å². The first kappa shape index (κ1) is 25.6. The van der Waals surface area contributed by atoms with Crippen molar-refractivity contribution >= 4 is 0 Å². The van der Waals surface area contributed by atoms with Crippen LogP contribution in [0.3, 0.4) is 0 Å². The van der Waals surface area contributed by atoms with Gasteiger partial charge in [-0.25, -0.2) is 0 Å². The molecule has 8 N–H and O–H groups in total. The molecule has 33 heavy (non-hydrogen) atoms. The van der Waals surface area contributed by atoms with Gasteiger partial charge < -0.3 is 50.3 Å². The van der Waals surface area contributed by atoms with E-state index in [1.807, 2.05) is 0 Å². The lowest BCUT2D eigenvalue weighted by Gasteiger charge is -2.37. The fourth-order valence-corrected chi connectivity index (χ4v) is 3.63.